The highest BCUT2D eigenvalue weighted by Gasteiger charge is 2.50. The number of rotatable bonds is 0. The van der Waals surface area contributed by atoms with E-state index in [1.807, 2.05) is 0 Å². The molecule has 1 amide bonds. The van der Waals surface area contributed by atoms with Crippen LogP contribution in [-0.4, -0.2) is 35.5 Å². The molecule has 0 atom stereocenters. The Morgan fingerprint density at radius 2 is 2.07 bits per heavy atom. The molecule has 0 radical (unpaired) electrons. The fourth-order valence-corrected chi connectivity index (χ4v) is 2.58. The lowest BCUT2D eigenvalue weighted by Crippen LogP contribution is -2.60. The SMILES string of the molecule is CC(=O)N1CCOC(=O)C12CCCC2. The Morgan fingerprint density at radius 3 is 2.64 bits per heavy atom. The molecule has 1 spiro atoms. The summed E-state index contributed by atoms with van der Waals surface area (Å²) in [6, 6.07) is 0. The van der Waals surface area contributed by atoms with E-state index in [0.29, 0.717) is 13.2 Å². The minimum Gasteiger partial charge on any atom is -0.462 e. The molecule has 1 aliphatic carbocycles. The molecule has 2 rings (SSSR count). The number of cyclic esters (lactones) is 1. The van der Waals surface area contributed by atoms with E-state index in [1.54, 1.807) is 4.90 Å². The number of carbonyl (C=O) groups is 2. The molecule has 0 aromatic carbocycles. The summed E-state index contributed by atoms with van der Waals surface area (Å²) in [5.41, 5.74) is -0.607. The van der Waals surface area contributed by atoms with E-state index in [-0.39, 0.29) is 11.9 Å². The second kappa shape index (κ2) is 3.26. The fourth-order valence-electron chi connectivity index (χ4n) is 2.58. The van der Waals surface area contributed by atoms with Crippen molar-refractivity contribution in [3.63, 3.8) is 0 Å². The summed E-state index contributed by atoms with van der Waals surface area (Å²) < 4.78 is 5.06. The van der Waals surface area contributed by atoms with Crippen molar-refractivity contribution in [3.05, 3.63) is 0 Å². The highest BCUT2D eigenvalue weighted by atomic mass is 16.5. The van der Waals surface area contributed by atoms with Gasteiger partial charge in [0.15, 0.2) is 0 Å². The fraction of sp³-hybridized carbons (Fsp3) is 0.800. The molecule has 14 heavy (non-hydrogen) atoms. The Morgan fingerprint density at radius 1 is 1.43 bits per heavy atom. The van der Waals surface area contributed by atoms with E-state index in [2.05, 4.69) is 0 Å². The average Bonchev–Trinajstić information content (AvgIpc) is 2.59. The Bertz CT molecular complexity index is 269. The first-order valence-electron chi connectivity index (χ1n) is 5.12. The third-order valence-corrected chi connectivity index (χ3v) is 3.26. The van der Waals surface area contributed by atoms with Crippen molar-refractivity contribution in [2.45, 2.75) is 38.1 Å². The maximum Gasteiger partial charge on any atom is 0.332 e. The van der Waals surface area contributed by atoms with Gasteiger partial charge in [0.25, 0.3) is 0 Å². The van der Waals surface area contributed by atoms with Gasteiger partial charge in [-0.15, -0.1) is 0 Å². The summed E-state index contributed by atoms with van der Waals surface area (Å²) in [4.78, 5) is 24.8. The molecule has 0 N–H and O–H groups in total. The molecule has 2 aliphatic rings. The lowest BCUT2D eigenvalue weighted by atomic mass is 9.93. The lowest BCUT2D eigenvalue weighted by molar-refractivity contribution is -0.173. The van der Waals surface area contributed by atoms with Crippen LogP contribution in [0.2, 0.25) is 0 Å². The Balaban J connectivity index is 2.29. The van der Waals surface area contributed by atoms with Crippen LogP contribution in [-0.2, 0) is 14.3 Å². The molecule has 4 nitrogen and oxygen atoms in total. The standard InChI is InChI=1S/C10H15NO3/c1-8(12)11-6-7-14-9(13)10(11)4-2-3-5-10/h2-7H2,1H3. The zero-order valence-corrected chi connectivity index (χ0v) is 8.41. The summed E-state index contributed by atoms with van der Waals surface area (Å²) in [5, 5.41) is 0. The molecule has 1 saturated heterocycles. The third-order valence-electron chi connectivity index (χ3n) is 3.26. The van der Waals surface area contributed by atoms with Crippen LogP contribution in [0.1, 0.15) is 32.6 Å². The van der Waals surface area contributed by atoms with Crippen molar-refractivity contribution in [2.75, 3.05) is 13.2 Å². The van der Waals surface area contributed by atoms with Crippen molar-refractivity contribution in [1.82, 2.24) is 4.90 Å². The first kappa shape index (κ1) is 9.49. The van der Waals surface area contributed by atoms with Crippen LogP contribution in [0.5, 0.6) is 0 Å². The molecule has 2 fully saturated rings. The summed E-state index contributed by atoms with van der Waals surface area (Å²) in [5.74, 6) is -0.208. The minimum absolute atomic E-state index is 0.0106. The molecule has 0 aromatic heterocycles. The molecule has 0 unspecified atom stereocenters. The number of esters is 1. The lowest BCUT2D eigenvalue weighted by Gasteiger charge is -2.42. The summed E-state index contributed by atoms with van der Waals surface area (Å²) in [7, 11) is 0. The monoisotopic (exact) mass is 197 g/mol. The molecule has 78 valence electrons. The van der Waals surface area contributed by atoms with Crippen LogP contribution < -0.4 is 0 Å². The van der Waals surface area contributed by atoms with Crippen molar-refractivity contribution < 1.29 is 14.3 Å². The Hall–Kier alpha value is -1.06. The van der Waals surface area contributed by atoms with E-state index < -0.39 is 5.54 Å². The topological polar surface area (TPSA) is 46.6 Å². The summed E-state index contributed by atoms with van der Waals surface area (Å²) in [6.07, 6.45) is 3.56. The second-order valence-electron chi connectivity index (χ2n) is 4.05. The van der Waals surface area contributed by atoms with Crippen LogP contribution in [0.25, 0.3) is 0 Å². The number of morpholine rings is 1. The quantitative estimate of drug-likeness (QED) is 0.537. The summed E-state index contributed by atoms with van der Waals surface area (Å²) >= 11 is 0. The maximum atomic E-state index is 11.7. The number of ether oxygens (including phenoxy) is 1. The van der Waals surface area contributed by atoms with Crippen molar-refractivity contribution in [1.29, 1.82) is 0 Å². The third kappa shape index (κ3) is 1.21. The van der Waals surface area contributed by atoms with Crippen LogP contribution in [0, 0.1) is 0 Å². The number of hydrogen-bond donors (Lipinski definition) is 0. The number of nitrogens with zero attached hydrogens (tertiary/aromatic N) is 1. The van der Waals surface area contributed by atoms with E-state index in [0.717, 1.165) is 25.7 Å². The van der Waals surface area contributed by atoms with Crippen LogP contribution in [0.4, 0.5) is 0 Å². The van der Waals surface area contributed by atoms with Gasteiger partial charge in [0.05, 0.1) is 6.54 Å². The Kier molecular flexibility index (Phi) is 2.21. The molecule has 0 bridgehead atoms. The minimum atomic E-state index is -0.607. The zero-order chi connectivity index (χ0) is 10.2. The largest absolute Gasteiger partial charge is 0.462 e. The normalized spacial score (nSPS) is 25.2. The van der Waals surface area contributed by atoms with Gasteiger partial charge in [-0.2, -0.15) is 0 Å². The van der Waals surface area contributed by atoms with Crippen molar-refractivity contribution in [3.8, 4) is 0 Å². The second-order valence-corrected chi connectivity index (χ2v) is 4.05. The predicted molar refractivity (Wildman–Crippen MR) is 49.5 cm³/mol. The maximum absolute atomic E-state index is 11.7. The van der Waals surface area contributed by atoms with Gasteiger partial charge in [0.2, 0.25) is 5.91 Å². The van der Waals surface area contributed by atoms with Gasteiger partial charge in [0.1, 0.15) is 12.1 Å². The molecular formula is C10H15NO3. The van der Waals surface area contributed by atoms with Crippen LogP contribution >= 0.6 is 0 Å². The molecule has 0 aromatic rings. The smallest absolute Gasteiger partial charge is 0.332 e. The highest BCUT2D eigenvalue weighted by molar-refractivity contribution is 5.88. The van der Waals surface area contributed by atoms with Gasteiger partial charge in [-0.3, -0.25) is 4.79 Å². The van der Waals surface area contributed by atoms with E-state index >= 15 is 0 Å². The molecule has 1 aliphatic heterocycles. The van der Waals surface area contributed by atoms with Crippen molar-refractivity contribution in [2.24, 2.45) is 0 Å². The number of carbonyl (C=O) groups excluding carboxylic acids is 2. The number of hydrogen-bond acceptors (Lipinski definition) is 3. The average molecular weight is 197 g/mol. The Labute approximate surface area is 83.2 Å². The van der Waals surface area contributed by atoms with Gasteiger partial charge in [-0.05, 0) is 12.8 Å². The number of amides is 1. The van der Waals surface area contributed by atoms with E-state index in [9.17, 15) is 9.59 Å². The van der Waals surface area contributed by atoms with Gasteiger partial charge in [-0.1, -0.05) is 12.8 Å². The van der Waals surface area contributed by atoms with Crippen LogP contribution in [0.3, 0.4) is 0 Å². The summed E-state index contributed by atoms with van der Waals surface area (Å²) in [6.45, 7) is 2.43. The van der Waals surface area contributed by atoms with Crippen molar-refractivity contribution >= 4 is 11.9 Å². The van der Waals surface area contributed by atoms with Gasteiger partial charge >= 0.3 is 5.97 Å². The highest BCUT2D eigenvalue weighted by Crippen LogP contribution is 2.38. The van der Waals surface area contributed by atoms with E-state index in [1.165, 1.54) is 6.92 Å². The molecule has 1 saturated carbocycles. The molecule has 1 heterocycles. The molecule has 4 heteroatoms. The predicted octanol–water partition coefficient (Wildman–Crippen LogP) is 0.704. The van der Waals surface area contributed by atoms with Crippen LogP contribution in [0.15, 0.2) is 0 Å². The zero-order valence-electron chi connectivity index (χ0n) is 8.41. The van der Waals surface area contributed by atoms with Gasteiger partial charge in [0, 0.05) is 6.92 Å². The van der Waals surface area contributed by atoms with Gasteiger partial charge in [-0.25, -0.2) is 4.79 Å². The van der Waals surface area contributed by atoms with Gasteiger partial charge < -0.3 is 9.64 Å². The molecular weight excluding hydrogens is 182 g/mol. The van der Waals surface area contributed by atoms with E-state index in [4.69, 9.17) is 4.74 Å². The first-order valence-corrected chi connectivity index (χ1v) is 5.12. The first-order chi connectivity index (χ1) is 6.67.